The zero-order chi connectivity index (χ0) is 25.2. The summed E-state index contributed by atoms with van der Waals surface area (Å²) in [5.74, 6) is 0.819. The van der Waals surface area contributed by atoms with Crippen molar-refractivity contribution in [1.82, 2.24) is 15.1 Å². The molecule has 0 bridgehead atoms. The van der Waals surface area contributed by atoms with E-state index in [4.69, 9.17) is 28.3 Å². The topological polar surface area (TPSA) is 46.9 Å². The number of fused-ring (bicyclic) bond motifs is 1. The van der Waals surface area contributed by atoms with Gasteiger partial charge >= 0.3 is 0 Å². The predicted octanol–water partition coefficient (Wildman–Crippen LogP) is 7.60. The molecule has 1 aromatic heterocycles. The van der Waals surface area contributed by atoms with E-state index >= 15 is 0 Å². The van der Waals surface area contributed by atoms with E-state index in [0.29, 0.717) is 27.2 Å². The van der Waals surface area contributed by atoms with Crippen LogP contribution >= 0.6 is 35.0 Å². The van der Waals surface area contributed by atoms with Crippen LogP contribution in [0.15, 0.2) is 72.8 Å². The third-order valence-corrected chi connectivity index (χ3v) is 7.55. The molecule has 1 aliphatic heterocycles. The lowest BCUT2D eigenvalue weighted by Gasteiger charge is -2.18. The number of nitrogens with one attached hydrogen (secondary N) is 1. The Labute approximate surface area is 223 Å². The summed E-state index contributed by atoms with van der Waals surface area (Å²) in [5, 5.41) is 8.89. The normalized spacial score (nSPS) is 14.9. The first kappa shape index (κ1) is 24.6. The molecule has 0 unspecified atom stereocenters. The van der Waals surface area contributed by atoms with Gasteiger partial charge in [0.1, 0.15) is 11.5 Å². The van der Waals surface area contributed by atoms with E-state index < -0.39 is 0 Å². The van der Waals surface area contributed by atoms with Crippen LogP contribution in [0.2, 0.25) is 10.0 Å². The summed E-state index contributed by atoms with van der Waals surface area (Å²) in [6.45, 7) is 1.95. The van der Waals surface area contributed by atoms with Gasteiger partial charge in [0.05, 0.1) is 22.4 Å². The van der Waals surface area contributed by atoms with Gasteiger partial charge in [0, 0.05) is 22.1 Å². The molecule has 3 aromatic carbocycles. The summed E-state index contributed by atoms with van der Waals surface area (Å²) in [6.07, 6.45) is 1.99. The van der Waals surface area contributed by atoms with Crippen molar-refractivity contribution in [2.24, 2.45) is 0 Å². The van der Waals surface area contributed by atoms with Crippen molar-refractivity contribution in [3.05, 3.63) is 117 Å². The Bertz CT molecular complexity index is 1450. The second-order valence-corrected chi connectivity index (χ2v) is 10.3. The zero-order valence-corrected chi connectivity index (χ0v) is 21.7. The molecule has 0 saturated carbocycles. The van der Waals surface area contributed by atoms with Crippen molar-refractivity contribution < 1.29 is 9.18 Å². The molecule has 0 radical (unpaired) electrons. The highest BCUT2D eigenvalue weighted by molar-refractivity contribution is 7.99. The number of aromatic nitrogens is 2. The van der Waals surface area contributed by atoms with Gasteiger partial charge in [0.2, 0.25) is 0 Å². The lowest BCUT2D eigenvalue weighted by Crippen LogP contribution is -2.29. The average Bonchev–Trinajstić information content (AvgIpc) is 3.26. The molecule has 2 heterocycles. The van der Waals surface area contributed by atoms with Crippen molar-refractivity contribution in [3.8, 4) is 5.69 Å². The molecule has 36 heavy (non-hydrogen) atoms. The van der Waals surface area contributed by atoms with Gasteiger partial charge in [0.15, 0.2) is 0 Å². The molecule has 4 nitrogen and oxygen atoms in total. The Morgan fingerprint density at radius 3 is 2.56 bits per heavy atom. The minimum absolute atomic E-state index is 0.205. The number of halogens is 3. The van der Waals surface area contributed by atoms with E-state index in [1.807, 2.05) is 43.3 Å². The second kappa shape index (κ2) is 10.5. The van der Waals surface area contributed by atoms with Gasteiger partial charge in [-0.15, -0.1) is 0 Å². The van der Waals surface area contributed by atoms with E-state index in [2.05, 4.69) is 5.32 Å². The summed E-state index contributed by atoms with van der Waals surface area (Å²) in [7, 11) is 0. The standard InChI is InChI=1S/C28H22Cl2FN3OS/c1-17(19-5-3-2-4-6-19)32-28(35)27-23-16-36-15-20(13-18-7-10-22(31)11-8-18)26(23)33-34(27)25-12-9-21(29)14-24(25)30/h2-14,17H,15-16H2,1H3,(H,32,35)/b20-13+/t17-/m0/s1. The molecular formula is C28H22Cl2FN3OS. The number of hydrogen-bond donors (Lipinski definition) is 1. The molecule has 182 valence electrons. The number of nitrogens with zero attached hydrogens (tertiary/aromatic N) is 2. The van der Waals surface area contributed by atoms with E-state index in [1.54, 1.807) is 46.8 Å². The molecule has 1 N–H and O–H groups in total. The van der Waals surface area contributed by atoms with Gasteiger partial charge in [-0.05, 0) is 60.0 Å². The lowest BCUT2D eigenvalue weighted by atomic mass is 10.0. The molecule has 0 fully saturated rings. The minimum atomic E-state index is -0.288. The molecular weight excluding hydrogens is 516 g/mol. The first-order chi connectivity index (χ1) is 17.4. The number of thioether (sulfide) groups is 1. The number of benzene rings is 3. The Morgan fingerprint density at radius 2 is 1.83 bits per heavy atom. The predicted molar refractivity (Wildman–Crippen MR) is 146 cm³/mol. The fourth-order valence-electron chi connectivity index (χ4n) is 4.20. The monoisotopic (exact) mass is 537 g/mol. The highest BCUT2D eigenvalue weighted by Gasteiger charge is 2.30. The minimum Gasteiger partial charge on any atom is -0.344 e. The number of rotatable bonds is 5. The Morgan fingerprint density at radius 1 is 1.08 bits per heavy atom. The van der Waals surface area contributed by atoms with Crippen LogP contribution in [0.4, 0.5) is 4.39 Å². The molecule has 1 aliphatic rings. The number of carbonyl (C=O) groups excluding carboxylic acids is 1. The van der Waals surface area contributed by atoms with Gasteiger partial charge in [-0.1, -0.05) is 65.7 Å². The zero-order valence-electron chi connectivity index (χ0n) is 19.3. The largest absolute Gasteiger partial charge is 0.344 e. The fraction of sp³-hybridized carbons (Fsp3) is 0.143. The van der Waals surface area contributed by atoms with Crippen molar-refractivity contribution >= 4 is 52.5 Å². The first-order valence-electron chi connectivity index (χ1n) is 11.4. The lowest BCUT2D eigenvalue weighted by molar-refractivity contribution is 0.0931. The van der Waals surface area contributed by atoms with Gasteiger partial charge < -0.3 is 5.32 Å². The van der Waals surface area contributed by atoms with Crippen LogP contribution in [-0.2, 0) is 5.75 Å². The summed E-state index contributed by atoms with van der Waals surface area (Å²) in [4.78, 5) is 13.7. The third-order valence-electron chi connectivity index (χ3n) is 6.00. The molecule has 1 amide bonds. The SMILES string of the molecule is C[C@H](NC(=O)c1c2c(nn1-c1ccc(Cl)cc1Cl)/C(=C/c1ccc(F)cc1)CSC2)c1ccccc1. The quantitative estimate of drug-likeness (QED) is 0.285. The molecule has 1 atom stereocenters. The Kier molecular flexibility index (Phi) is 7.19. The van der Waals surface area contributed by atoms with Crippen molar-refractivity contribution in [2.75, 3.05) is 5.75 Å². The van der Waals surface area contributed by atoms with Crippen molar-refractivity contribution in [3.63, 3.8) is 0 Å². The third kappa shape index (κ3) is 5.07. The molecule has 5 rings (SSSR count). The smallest absolute Gasteiger partial charge is 0.270 e. The van der Waals surface area contributed by atoms with Crippen LogP contribution in [-0.4, -0.2) is 21.4 Å². The van der Waals surface area contributed by atoms with Crippen LogP contribution in [0.25, 0.3) is 17.3 Å². The Balaban J connectivity index is 1.61. The van der Waals surface area contributed by atoms with Crippen LogP contribution in [0.1, 0.15) is 45.8 Å². The van der Waals surface area contributed by atoms with Gasteiger partial charge in [-0.3, -0.25) is 4.79 Å². The highest BCUT2D eigenvalue weighted by Crippen LogP contribution is 2.37. The molecule has 4 aromatic rings. The van der Waals surface area contributed by atoms with Crippen LogP contribution in [0.3, 0.4) is 0 Å². The van der Waals surface area contributed by atoms with E-state index in [1.165, 1.54) is 12.1 Å². The summed E-state index contributed by atoms with van der Waals surface area (Å²) >= 11 is 14.4. The maximum Gasteiger partial charge on any atom is 0.270 e. The fourth-order valence-corrected chi connectivity index (χ4v) is 5.71. The van der Waals surface area contributed by atoms with Crippen LogP contribution in [0.5, 0.6) is 0 Å². The summed E-state index contributed by atoms with van der Waals surface area (Å²) in [6, 6.07) is 21.0. The van der Waals surface area contributed by atoms with Crippen LogP contribution in [0, 0.1) is 5.82 Å². The molecule has 8 heteroatoms. The number of hydrogen-bond acceptors (Lipinski definition) is 3. The highest BCUT2D eigenvalue weighted by atomic mass is 35.5. The molecule has 0 aliphatic carbocycles. The number of carbonyl (C=O) groups is 1. The van der Waals surface area contributed by atoms with Crippen LogP contribution < -0.4 is 5.32 Å². The van der Waals surface area contributed by atoms with Crippen molar-refractivity contribution in [2.45, 2.75) is 18.7 Å². The maximum atomic E-state index is 13.7. The first-order valence-corrected chi connectivity index (χ1v) is 13.3. The van der Waals surface area contributed by atoms with Gasteiger partial charge in [-0.2, -0.15) is 16.9 Å². The molecule has 0 saturated heterocycles. The van der Waals surface area contributed by atoms with E-state index in [9.17, 15) is 9.18 Å². The molecule has 0 spiro atoms. The summed E-state index contributed by atoms with van der Waals surface area (Å²) < 4.78 is 15.0. The van der Waals surface area contributed by atoms with Gasteiger partial charge in [0.25, 0.3) is 5.91 Å². The van der Waals surface area contributed by atoms with E-state index in [-0.39, 0.29) is 17.8 Å². The van der Waals surface area contributed by atoms with Crippen molar-refractivity contribution in [1.29, 1.82) is 0 Å². The second-order valence-electron chi connectivity index (χ2n) is 8.50. The van der Waals surface area contributed by atoms with E-state index in [0.717, 1.165) is 33.7 Å². The van der Waals surface area contributed by atoms with Gasteiger partial charge in [-0.25, -0.2) is 9.07 Å². The number of amides is 1. The average molecular weight is 538 g/mol. The maximum absolute atomic E-state index is 13.7. The Hall–Kier alpha value is -3.06. The summed E-state index contributed by atoms with van der Waals surface area (Å²) in [5.41, 5.74) is 5.41.